The average Bonchev–Trinajstić information content (AvgIpc) is 3.01. The first-order valence-corrected chi connectivity index (χ1v) is 6.02. The van der Waals surface area contributed by atoms with E-state index in [4.69, 9.17) is 5.11 Å². The summed E-state index contributed by atoms with van der Waals surface area (Å²) in [5.41, 5.74) is 0. The topological polar surface area (TPSA) is 81.1 Å². The van der Waals surface area contributed by atoms with Crippen LogP contribution in [0, 0.1) is 0 Å². The molecule has 2 fully saturated rings. The van der Waals surface area contributed by atoms with Crippen molar-refractivity contribution in [3.05, 3.63) is 0 Å². The Bertz CT molecular complexity index is 329. The van der Waals surface area contributed by atoms with Crippen LogP contribution >= 0.6 is 0 Å². The summed E-state index contributed by atoms with van der Waals surface area (Å²) in [6.07, 6.45) is 1.39. The number of carbonyl (C=O) groups is 2. The second-order valence-corrected chi connectivity index (χ2v) is 4.70. The molecule has 2 aliphatic rings. The predicted octanol–water partition coefficient (Wildman–Crippen LogP) is 0.111. The van der Waals surface area contributed by atoms with Crippen LogP contribution in [0.4, 0.5) is 4.79 Å². The molecular weight excluding hydrogens is 224 g/mol. The van der Waals surface area contributed by atoms with Crippen LogP contribution < -0.4 is 0 Å². The van der Waals surface area contributed by atoms with Gasteiger partial charge in [0.05, 0.1) is 6.10 Å². The van der Waals surface area contributed by atoms with Crippen molar-refractivity contribution in [2.75, 3.05) is 13.1 Å². The zero-order valence-corrected chi connectivity index (χ0v) is 9.87. The van der Waals surface area contributed by atoms with Gasteiger partial charge in [-0.15, -0.1) is 0 Å². The number of carboxylic acid groups (broad SMARTS) is 1. The zero-order chi connectivity index (χ0) is 12.6. The lowest BCUT2D eigenvalue weighted by Crippen LogP contribution is -2.48. The van der Waals surface area contributed by atoms with Gasteiger partial charge in [0.2, 0.25) is 0 Å². The van der Waals surface area contributed by atoms with Crippen LogP contribution in [0.25, 0.3) is 0 Å². The Labute approximate surface area is 99.8 Å². The second kappa shape index (κ2) is 4.52. The predicted molar refractivity (Wildman–Crippen MR) is 59.6 cm³/mol. The fourth-order valence-electron chi connectivity index (χ4n) is 2.36. The summed E-state index contributed by atoms with van der Waals surface area (Å²) in [5.74, 6) is -1.04. The Hall–Kier alpha value is -1.30. The first-order chi connectivity index (χ1) is 8.04. The van der Waals surface area contributed by atoms with Crippen LogP contribution in [0.2, 0.25) is 0 Å². The number of amides is 2. The molecule has 6 nitrogen and oxygen atoms in total. The van der Waals surface area contributed by atoms with E-state index >= 15 is 0 Å². The number of hydrogen-bond donors (Lipinski definition) is 2. The van der Waals surface area contributed by atoms with E-state index in [-0.39, 0.29) is 25.0 Å². The molecule has 2 rings (SSSR count). The third kappa shape index (κ3) is 2.36. The third-order valence-corrected chi connectivity index (χ3v) is 3.38. The third-order valence-electron chi connectivity index (χ3n) is 3.38. The highest BCUT2D eigenvalue weighted by Gasteiger charge is 2.43. The van der Waals surface area contributed by atoms with Crippen LogP contribution in [-0.2, 0) is 4.79 Å². The SMILES string of the molecule is CCN(C(=O)N1CC(O)CC1C(=O)O)C1CC1. The summed E-state index contributed by atoms with van der Waals surface area (Å²) >= 11 is 0. The number of aliphatic hydroxyl groups excluding tert-OH is 1. The fourth-order valence-corrected chi connectivity index (χ4v) is 2.36. The number of β-amino-alcohol motifs (C(OH)–C–C–N with tert-alkyl or cyclic N) is 1. The van der Waals surface area contributed by atoms with Crippen molar-refractivity contribution in [3.63, 3.8) is 0 Å². The number of aliphatic carboxylic acids is 1. The van der Waals surface area contributed by atoms with Crippen molar-refractivity contribution < 1.29 is 19.8 Å². The normalized spacial score (nSPS) is 28.2. The first kappa shape index (κ1) is 12.2. The molecule has 0 aromatic carbocycles. The van der Waals surface area contributed by atoms with Crippen molar-refractivity contribution in [2.24, 2.45) is 0 Å². The average molecular weight is 242 g/mol. The van der Waals surface area contributed by atoms with Crippen LogP contribution in [0.1, 0.15) is 26.2 Å². The van der Waals surface area contributed by atoms with Crippen molar-refractivity contribution >= 4 is 12.0 Å². The van der Waals surface area contributed by atoms with Gasteiger partial charge in [-0.25, -0.2) is 9.59 Å². The van der Waals surface area contributed by atoms with Crippen molar-refractivity contribution in [1.82, 2.24) is 9.80 Å². The van der Waals surface area contributed by atoms with Gasteiger partial charge in [-0.3, -0.25) is 0 Å². The number of nitrogens with zero attached hydrogens (tertiary/aromatic N) is 2. The van der Waals surface area contributed by atoms with Crippen molar-refractivity contribution in [3.8, 4) is 0 Å². The van der Waals surface area contributed by atoms with E-state index in [9.17, 15) is 14.7 Å². The lowest BCUT2D eigenvalue weighted by molar-refractivity contribution is -0.141. The Balaban J connectivity index is 2.08. The highest BCUT2D eigenvalue weighted by atomic mass is 16.4. The molecule has 0 aromatic heterocycles. The summed E-state index contributed by atoms with van der Waals surface area (Å²) in [5, 5.41) is 18.5. The van der Waals surface area contributed by atoms with Gasteiger partial charge >= 0.3 is 12.0 Å². The van der Waals surface area contributed by atoms with E-state index in [0.717, 1.165) is 12.8 Å². The van der Waals surface area contributed by atoms with Gasteiger partial charge in [0, 0.05) is 25.6 Å². The van der Waals surface area contributed by atoms with E-state index in [0.29, 0.717) is 6.54 Å². The number of carboxylic acids is 1. The van der Waals surface area contributed by atoms with Gasteiger partial charge in [-0.2, -0.15) is 0 Å². The van der Waals surface area contributed by atoms with E-state index < -0.39 is 18.1 Å². The number of rotatable bonds is 3. The minimum absolute atomic E-state index is 0.124. The van der Waals surface area contributed by atoms with Gasteiger partial charge in [-0.05, 0) is 19.8 Å². The molecular formula is C11H18N2O4. The minimum atomic E-state index is -1.04. The molecule has 1 saturated heterocycles. The van der Waals surface area contributed by atoms with E-state index in [2.05, 4.69) is 0 Å². The molecule has 1 heterocycles. The molecule has 2 unspecified atom stereocenters. The Morgan fingerprint density at radius 2 is 2.06 bits per heavy atom. The lowest BCUT2D eigenvalue weighted by Gasteiger charge is -2.29. The Morgan fingerprint density at radius 3 is 2.53 bits per heavy atom. The Morgan fingerprint density at radius 1 is 1.41 bits per heavy atom. The molecule has 1 aliphatic carbocycles. The minimum Gasteiger partial charge on any atom is -0.480 e. The summed E-state index contributed by atoms with van der Waals surface area (Å²) in [4.78, 5) is 26.2. The quantitative estimate of drug-likeness (QED) is 0.736. The molecule has 6 heteroatoms. The maximum Gasteiger partial charge on any atom is 0.326 e. The van der Waals surface area contributed by atoms with Gasteiger partial charge in [0.15, 0.2) is 0 Å². The molecule has 1 saturated carbocycles. The molecule has 2 N–H and O–H groups in total. The maximum absolute atomic E-state index is 12.2. The molecule has 0 radical (unpaired) electrons. The van der Waals surface area contributed by atoms with Crippen LogP contribution in [0.5, 0.6) is 0 Å². The molecule has 2 atom stereocenters. The highest BCUT2D eigenvalue weighted by molar-refractivity contribution is 5.83. The smallest absolute Gasteiger partial charge is 0.326 e. The highest BCUT2D eigenvalue weighted by Crippen LogP contribution is 2.29. The van der Waals surface area contributed by atoms with Gasteiger partial charge in [0.1, 0.15) is 6.04 Å². The van der Waals surface area contributed by atoms with Crippen LogP contribution in [0.3, 0.4) is 0 Å². The zero-order valence-electron chi connectivity index (χ0n) is 9.87. The first-order valence-electron chi connectivity index (χ1n) is 6.02. The number of carbonyl (C=O) groups excluding carboxylic acids is 1. The van der Waals surface area contributed by atoms with E-state index in [1.54, 1.807) is 4.90 Å². The van der Waals surface area contributed by atoms with Gasteiger partial charge in [0.25, 0.3) is 0 Å². The maximum atomic E-state index is 12.2. The molecule has 0 bridgehead atoms. The van der Waals surface area contributed by atoms with Gasteiger partial charge in [-0.1, -0.05) is 0 Å². The Kier molecular flexibility index (Phi) is 3.24. The monoisotopic (exact) mass is 242 g/mol. The summed E-state index contributed by atoms with van der Waals surface area (Å²) in [6, 6.07) is -0.871. The summed E-state index contributed by atoms with van der Waals surface area (Å²) in [6.45, 7) is 2.60. The lowest BCUT2D eigenvalue weighted by atomic mass is 10.2. The molecule has 0 spiro atoms. The largest absolute Gasteiger partial charge is 0.480 e. The van der Waals surface area contributed by atoms with Gasteiger partial charge < -0.3 is 20.0 Å². The van der Waals surface area contributed by atoms with Crippen molar-refractivity contribution in [2.45, 2.75) is 44.4 Å². The molecule has 2 amide bonds. The fraction of sp³-hybridized carbons (Fsp3) is 0.818. The van der Waals surface area contributed by atoms with E-state index in [1.165, 1.54) is 4.90 Å². The number of likely N-dealkylation sites (tertiary alicyclic amines) is 1. The summed E-state index contributed by atoms with van der Waals surface area (Å²) in [7, 11) is 0. The second-order valence-electron chi connectivity index (χ2n) is 4.70. The standard InChI is InChI=1S/C11H18N2O4/c1-2-12(7-3-4-7)11(17)13-6-8(14)5-9(13)10(15)16/h7-9,14H,2-6H2,1H3,(H,15,16). The van der Waals surface area contributed by atoms with E-state index in [1.807, 2.05) is 6.92 Å². The number of hydrogen-bond acceptors (Lipinski definition) is 3. The molecule has 0 aromatic rings. The molecule has 1 aliphatic heterocycles. The van der Waals surface area contributed by atoms with Crippen LogP contribution in [0.15, 0.2) is 0 Å². The molecule has 96 valence electrons. The molecule has 17 heavy (non-hydrogen) atoms. The number of aliphatic hydroxyl groups is 1. The summed E-state index contributed by atoms with van der Waals surface area (Å²) < 4.78 is 0. The van der Waals surface area contributed by atoms with Crippen molar-refractivity contribution in [1.29, 1.82) is 0 Å². The number of urea groups is 1. The van der Waals surface area contributed by atoms with Crippen LogP contribution in [-0.4, -0.2) is 63.3 Å².